The van der Waals surface area contributed by atoms with Crippen LogP contribution in [0.15, 0.2) is 30.3 Å². The monoisotopic (exact) mass is 358 g/mol. The van der Waals surface area contributed by atoms with Crippen LogP contribution in [0.2, 0.25) is 8.67 Å². The molecule has 1 aromatic heterocycles. The summed E-state index contributed by atoms with van der Waals surface area (Å²) in [7, 11) is 1.71. The van der Waals surface area contributed by atoms with E-state index in [9.17, 15) is 4.79 Å². The molecule has 0 saturated heterocycles. The quantitative estimate of drug-likeness (QED) is 0.841. The van der Waals surface area contributed by atoms with Crippen LogP contribution in [0.25, 0.3) is 0 Å². The van der Waals surface area contributed by atoms with Crippen molar-refractivity contribution in [2.24, 2.45) is 5.73 Å². The average Bonchev–Trinajstić information content (AvgIpc) is 2.77. The summed E-state index contributed by atoms with van der Waals surface area (Å²) in [5.74, 6) is -0.177. The molecule has 0 atom stereocenters. The molecule has 7 heteroatoms. The van der Waals surface area contributed by atoms with Gasteiger partial charge in [-0.05, 0) is 17.7 Å². The fourth-order valence-corrected chi connectivity index (χ4v) is 3.44. The third kappa shape index (κ3) is 3.95. The van der Waals surface area contributed by atoms with Crippen LogP contribution in [0.1, 0.15) is 21.5 Å². The molecule has 1 amide bonds. The molecule has 1 heterocycles. The van der Waals surface area contributed by atoms with E-state index in [0.717, 1.165) is 11.1 Å². The van der Waals surface area contributed by atoms with E-state index in [1.54, 1.807) is 18.0 Å². The zero-order valence-corrected chi connectivity index (χ0v) is 14.2. The van der Waals surface area contributed by atoms with Gasteiger partial charge in [0.05, 0.1) is 9.90 Å². The van der Waals surface area contributed by atoms with Crippen LogP contribution in [0.5, 0.6) is 0 Å². The molecule has 0 aliphatic carbocycles. The Hall–Kier alpha value is -1.14. The Kier molecular flexibility index (Phi) is 5.22. The van der Waals surface area contributed by atoms with Gasteiger partial charge in [0.15, 0.2) is 0 Å². The Morgan fingerprint density at radius 1 is 1.38 bits per heavy atom. The van der Waals surface area contributed by atoms with Gasteiger partial charge in [0.25, 0.3) is 5.91 Å². The molecule has 110 valence electrons. The second-order valence-electron chi connectivity index (χ2n) is 4.46. The van der Waals surface area contributed by atoms with E-state index in [2.05, 4.69) is 0 Å². The van der Waals surface area contributed by atoms with E-state index in [1.807, 2.05) is 24.3 Å². The normalized spacial score (nSPS) is 10.4. The van der Waals surface area contributed by atoms with Gasteiger partial charge in [0.1, 0.15) is 9.32 Å². The van der Waals surface area contributed by atoms with Crippen LogP contribution >= 0.6 is 46.8 Å². The van der Waals surface area contributed by atoms with Gasteiger partial charge in [-0.3, -0.25) is 4.79 Å². The molecule has 2 aromatic rings. The number of carbonyl (C=O) groups excluding carboxylic acids is 1. The van der Waals surface area contributed by atoms with Gasteiger partial charge in [-0.1, -0.05) is 53.6 Å². The van der Waals surface area contributed by atoms with Crippen molar-refractivity contribution in [3.05, 3.63) is 55.7 Å². The molecular formula is C14H12Cl2N2OS2. The number of nitrogens with zero attached hydrogens (tertiary/aromatic N) is 1. The smallest absolute Gasteiger partial charge is 0.256 e. The largest absolute Gasteiger partial charge is 0.389 e. The highest BCUT2D eigenvalue weighted by atomic mass is 35.5. The summed E-state index contributed by atoms with van der Waals surface area (Å²) in [5.41, 5.74) is 7.74. The fraction of sp³-hybridized carbons (Fsp3) is 0.143. The Morgan fingerprint density at radius 2 is 2.10 bits per heavy atom. The second-order valence-corrected chi connectivity index (χ2v) is 7.19. The average molecular weight is 359 g/mol. The zero-order chi connectivity index (χ0) is 15.6. The highest BCUT2D eigenvalue weighted by Gasteiger charge is 2.18. The summed E-state index contributed by atoms with van der Waals surface area (Å²) >= 11 is 18.0. The van der Waals surface area contributed by atoms with Crippen molar-refractivity contribution >= 4 is 57.7 Å². The number of benzene rings is 1. The maximum absolute atomic E-state index is 12.3. The van der Waals surface area contributed by atoms with Crippen LogP contribution in [0, 0.1) is 0 Å². The molecule has 0 radical (unpaired) electrons. The maximum Gasteiger partial charge on any atom is 0.256 e. The van der Waals surface area contributed by atoms with Gasteiger partial charge in [0, 0.05) is 19.2 Å². The van der Waals surface area contributed by atoms with E-state index in [1.165, 1.54) is 11.3 Å². The maximum atomic E-state index is 12.3. The number of nitrogens with two attached hydrogens (primary N) is 1. The molecule has 0 spiro atoms. The van der Waals surface area contributed by atoms with Crippen molar-refractivity contribution in [1.82, 2.24) is 4.90 Å². The van der Waals surface area contributed by atoms with Crippen LogP contribution in [0.4, 0.5) is 0 Å². The number of rotatable bonds is 4. The number of halogens is 2. The molecule has 2 rings (SSSR count). The molecule has 1 aromatic carbocycles. The number of hydrogen-bond acceptors (Lipinski definition) is 3. The summed E-state index contributed by atoms with van der Waals surface area (Å²) in [6.45, 7) is 0.430. The molecule has 0 fully saturated rings. The lowest BCUT2D eigenvalue weighted by Gasteiger charge is -2.17. The van der Waals surface area contributed by atoms with Crippen molar-refractivity contribution in [3.8, 4) is 0 Å². The standard InChI is InChI=1S/C14H12Cl2N2OS2/c1-18(14(19)10-6-11(15)21-12(10)16)7-8-3-2-4-9(5-8)13(17)20/h2-6H,7H2,1H3,(H2,17,20). The minimum absolute atomic E-state index is 0.177. The first kappa shape index (κ1) is 16.2. The minimum Gasteiger partial charge on any atom is -0.389 e. The predicted molar refractivity (Wildman–Crippen MR) is 92.5 cm³/mol. The third-order valence-corrected chi connectivity index (χ3v) is 4.59. The zero-order valence-electron chi connectivity index (χ0n) is 11.1. The van der Waals surface area contributed by atoms with Crippen LogP contribution in [-0.4, -0.2) is 22.8 Å². The lowest BCUT2D eigenvalue weighted by atomic mass is 10.1. The van der Waals surface area contributed by atoms with Gasteiger partial charge in [-0.15, -0.1) is 11.3 Å². The summed E-state index contributed by atoms with van der Waals surface area (Å²) in [6.07, 6.45) is 0. The molecule has 0 unspecified atom stereocenters. The van der Waals surface area contributed by atoms with Crippen LogP contribution < -0.4 is 5.73 Å². The van der Waals surface area contributed by atoms with Gasteiger partial charge in [-0.25, -0.2) is 0 Å². The minimum atomic E-state index is -0.177. The first-order valence-electron chi connectivity index (χ1n) is 5.97. The van der Waals surface area contributed by atoms with Crippen molar-refractivity contribution in [2.45, 2.75) is 6.54 Å². The molecule has 3 nitrogen and oxygen atoms in total. The summed E-state index contributed by atoms with van der Waals surface area (Å²) in [5, 5.41) is 0. The second kappa shape index (κ2) is 6.75. The fourth-order valence-electron chi connectivity index (χ4n) is 1.86. The van der Waals surface area contributed by atoms with Crippen molar-refractivity contribution in [2.75, 3.05) is 7.05 Å². The number of thiocarbonyl (C=S) groups is 1. The molecular weight excluding hydrogens is 347 g/mol. The van der Waals surface area contributed by atoms with Crippen molar-refractivity contribution in [1.29, 1.82) is 0 Å². The third-order valence-electron chi connectivity index (χ3n) is 2.87. The van der Waals surface area contributed by atoms with Gasteiger partial charge in [-0.2, -0.15) is 0 Å². The van der Waals surface area contributed by atoms with E-state index >= 15 is 0 Å². The van der Waals surface area contributed by atoms with Crippen molar-refractivity contribution < 1.29 is 4.79 Å². The van der Waals surface area contributed by atoms with Gasteiger partial charge < -0.3 is 10.6 Å². The Labute approximate surface area is 142 Å². The van der Waals surface area contributed by atoms with E-state index < -0.39 is 0 Å². The number of carbonyl (C=O) groups is 1. The molecule has 2 N–H and O–H groups in total. The summed E-state index contributed by atoms with van der Waals surface area (Å²) in [6, 6.07) is 9.06. The number of thiophene rings is 1. The summed E-state index contributed by atoms with van der Waals surface area (Å²) < 4.78 is 0.890. The van der Waals surface area contributed by atoms with E-state index in [-0.39, 0.29) is 5.91 Å². The highest BCUT2D eigenvalue weighted by Crippen LogP contribution is 2.32. The lowest BCUT2D eigenvalue weighted by Crippen LogP contribution is -2.26. The number of amides is 1. The Balaban J connectivity index is 2.16. The van der Waals surface area contributed by atoms with Gasteiger partial charge >= 0.3 is 0 Å². The summed E-state index contributed by atoms with van der Waals surface area (Å²) in [4.78, 5) is 14.2. The van der Waals surface area contributed by atoms with Gasteiger partial charge in [0.2, 0.25) is 0 Å². The lowest BCUT2D eigenvalue weighted by molar-refractivity contribution is 0.0786. The first-order chi connectivity index (χ1) is 9.88. The molecule has 0 aliphatic rings. The van der Waals surface area contributed by atoms with Crippen LogP contribution in [-0.2, 0) is 6.54 Å². The SMILES string of the molecule is CN(Cc1cccc(C(N)=S)c1)C(=O)c1cc(Cl)sc1Cl. The Morgan fingerprint density at radius 3 is 2.67 bits per heavy atom. The predicted octanol–water partition coefficient (Wildman–Crippen LogP) is 3.96. The van der Waals surface area contributed by atoms with E-state index in [0.29, 0.717) is 25.8 Å². The van der Waals surface area contributed by atoms with E-state index in [4.69, 9.17) is 41.2 Å². The van der Waals surface area contributed by atoms with Crippen LogP contribution in [0.3, 0.4) is 0 Å². The number of hydrogen-bond donors (Lipinski definition) is 1. The topological polar surface area (TPSA) is 46.3 Å². The molecule has 0 bridgehead atoms. The molecule has 0 aliphatic heterocycles. The Bertz CT molecular complexity index is 700. The highest BCUT2D eigenvalue weighted by molar-refractivity contribution is 7.80. The molecule has 21 heavy (non-hydrogen) atoms. The first-order valence-corrected chi connectivity index (χ1v) is 7.95. The molecule has 0 saturated carbocycles. The van der Waals surface area contributed by atoms with Crippen molar-refractivity contribution in [3.63, 3.8) is 0 Å².